The Morgan fingerprint density at radius 3 is 2.58 bits per heavy atom. The van der Waals surface area contributed by atoms with Gasteiger partial charge >= 0.3 is 5.97 Å². The molecule has 0 radical (unpaired) electrons. The number of hydrogen-bond donors (Lipinski definition) is 1. The summed E-state index contributed by atoms with van der Waals surface area (Å²) in [6, 6.07) is 3.31. The number of pyridine rings is 1. The van der Waals surface area contributed by atoms with Gasteiger partial charge in [0, 0.05) is 32.4 Å². The topological polar surface area (TPSA) is 73.7 Å². The molecule has 0 aromatic carbocycles. The van der Waals surface area contributed by atoms with Gasteiger partial charge in [-0.15, -0.1) is 0 Å². The van der Waals surface area contributed by atoms with E-state index in [1.165, 1.54) is 6.20 Å². The number of carboxylic acids is 1. The number of carboxylic acid groups (broad SMARTS) is 1. The number of carbonyl (C=O) groups is 2. The molecule has 0 unspecified atom stereocenters. The molecule has 7 heteroatoms. The van der Waals surface area contributed by atoms with Crippen LogP contribution >= 0.6 is 11.6 Å². The van der Waals surface area contributed by atoms with Gasteiger partial charge in [0.05, 0.1) is 12.1 Å². The van der Waals surface area contributed by atoms with Crippen molar-refractivity contribution < 1.29 is 14.7 Å². The maximum atomic E-state index is 12.2. The summed E-state index contributed by atoms with van der Waals surface area (Å²) < 4.78 is 0. The van der Waals surface area contributed by atoms with Gasteiger partial charge in [-0.25, -0.2) is 4.98 Å². The second-order valence-electron chi connectivity index (χ2n) is 4.30. The Balaban J connectivity index is 1.96. The molecule has 2 rings (SSSR count). The number of rotatable bonds is 3. The summed E-state index contributed by atoms with van der Waals surface area (Å²) in [5.41, 5.74) is 0.385. The van der Waals surface area contributed by atoms with E-state index in [0.717, 1.165) is 0 Å². The smallest absolute Gasteiger partial charge is 0.317 e. The largest absolute Gasteiger partial charge is 0.480 e. The van der Waals surface area contributed by atoms with E-state index in [9.17, 15) is 9.59 Å². The van der Waals surface area contributed by atoms with E-state index >= 15 is 0 Å². The van der Waals surface area contributed by atoms with Gasteiger partial charge in [-0.05, 0) is 12.1 Å². The zero-order valence-electron chi connectivity index (χ0n) is 10.3. The van der Waals surface area contributed by atoms with Gasteiger partial charge in [0.2, 0.25) is 0 Å². The lowest BCUT2D eigenvalue weighted by Gasteiger charge is -2.33. The first-order chi connectivity index (χ1) is 9.08. The summed E-state index contributed by atoms with van der Waals surface area (Å²) >= 11 is 5.89. The highest BCUT2D eigenvalue weighted by atomic mass is 35.5. The first-order valence-corrected chi connectivity index (χ1v) is 6.29. The lowest BCUT2D eigenvalue weighted by molar-refractivity contribution is -0.138. The van der Waals surface area contributed by atoms with Crippen molar-refractivity contribution in [3.8, 4) is 0 Å². The van der Waals surface area contributed by atoms with Crippen LogP contribution in [0.2, 0.25) is 5.15 Å². The van der Waals surface area contributed by atoms with Crippen LogP contribution in [0.25, 0.3) is 0 Å². The van der Waals surface area contributed by atoms with Crippen molar-refractivity contribution >= 4 is 23.5 Å². The van der Waals surface area contributed by atoms with Crippen molar-refractivity contribution in [2.45, 2.75) is 0 Å². The number of hydrogen-bond acceptors (Lipinski definition) is 4. The van der Waals surface area contributed by atoms with E-state index < -0.39 is 5.97 Å². The number of aromatic nitrogens is 1. The minimum atomic E-state index is -0.852. The van der Waals surface area contributed by atoms with Gasteiger partial charge in [0.15, 0.2) is 0 Å². The summed E-state index contributed by atoms with van der Waals surface area (Å²) in [7, 11) is 0. The molecule has 1 aliphatic heterocycles. The Morgan fingerprint density at radius 1 is 1.32 bits per heavy atom. The first kappa shape index (κ1) is 13.8. The van der Waals surface area contributed by atoms with E-state index in [-0.39, 0.29) is 17.6 Å². The molecule has 2 heterocycles. The monoisotopic (exact) mass is 283 g/mol. The second kappa shape index (κ2) is 5.99. The highest BCUT2D eigenvalue weighted by Crippen LogP contribution is 2.15. The summed E-state index contributed by atoms with van der Waals surface area (Å²) in [5, 5.41) is 8.90. The molecule has 0 saturated carbocycles. The zero-order valence-corrected chi connectivity index (χ0v) is 11.0. The predicted molar refractivity (Wildman–Crippen MR) is 69.2 cm³/mol. The molecule has 0 bridgehead atoms. The standard InChI is InChI=1S/C12H14ClN3O3/c13-11-9(2-1-3-14-11)12(19)16-6-4-15(5-7-16)8-10(17)18/h1-3H,4-8H2,(H,17,18). The van der Waals surface area contributed by atoms with Crippen LogP contribution in [-0.4, -0.2) is 64.5 Å². The first-order valence-electron chi connectivity index (χ1n) is 5.92. The molecule has 1 aromatic heterocycles. The molecule has 0 spiro atoms. The third-order valence-electron chi connectivity index (χ3n) is 3.01. The molecule has 1 N–H and O–H groups in total. The van der Waals surface area contributed by atoms with E-state index in [1.807, 2.05) is 0 Å². The highest BCUT2D eigenvalue weighted by molar-refractivity contribution is 6.32. The Hall–Kier alpha value is -1.66. The lowest BCUT2D eigenvalue weighted by atomic mass is 10.2. The molecule has 0 atom stereocenters. The molecular weight excluding hydrogens is 270 g/mol. The van der Waals surface area contributed by atoms with Gasteiger partial charge < -0.3 is 10.0 Å². The Bertz CT molecular complexity index is 487. The van der Waals surface area contributed by atoms with Crippen LogP contribution in [0.1, 0.15) is 10.4 Å². The van der Waals surface area contributed by atoms with Crippen LogP contribution in [0.4, 0.5) is 0 Å². The maximum absolute atomic E-state index is 12.2. The second-order valence-corrected chi connectivity index (χ2v) is 4.66. The maximum Gasteiger partial charge on any atom is 0.317 e. The summed E-state index contributed by atoms with van der Waals surface area (Å²) in [4.78, 5) is 30.2. The zero-order chi connectivity index (χ0) is 13.8. The van der Waals surface area contributed by atoms with Gasteiger partial charge in [-0.1, -0.05) is 11.6 Å². The van der Waals surface area contributed by atoms with Gasteiger partial charge in [0.25, 0.3) is 5.91 Å². The van der Waals surface area contributed by atoms with Crippen molar-refractivity contribution in [3.05, 3.63) is 29.0 Å². The lowest BCUT2D eigenvalue weighted by Crippen LogP contribution is -2.49. The fourth-order valence-corrected chi connectivity index (χ4v) is 2.22. The Morgan fingerprint density at radius 2 is 2.00 bits per heavy atom. The molecule has 1 aromatic rings. The minimum absolute atomic E-state index is 0.00960. The minimum Gasteiger partial charge on any atom is -0.480 e. The fourth-order valence-electron chi connectivity index (χ4n) is 2.02. The summed E-state index contributed by atoms with van der Waals surface area (Å²) in [6.45, 7) is 2.11. The molecular formula is C12H14ClN3O3. The number of piperazine rings is 1. The SMILES string of the molecule is O=C(O)CN1CCN(C(=O)c2cccnc2Cl)CC1. The molecule has 0 aliphatic carbocycles. The van der Waals surface area contributed by atoms with E-state index in [1.54, 1.807) is 21.9 Å². The van der Waals surface area contributed by atoms with Crippen molar-refractivity contribution in [1.82, 2.24) is 14.8 Å². The van der Waals surface area contributed by atoms with Crippen LogP contribution in [0, 0.1) is 0 Å². The van der Waals surface area contributed by atoms with Crippen molar-refractivity contribution in [3.63, 3.8) is 0 Å². The van der Waals surface area contributed by atoms with Gasteiger partial charge in [-0.2, -0.15) is 0 Å². The van der Waals surface area contributed by atoms with Crippen LogP contribution in [0.5, 0.6) is 0 Å². The highest BCUT2D eigenvalue weighted by Gasteiger charge is 2.24. The normalized spacial score (nSPS) is 16.4. The van der Waals surface area contributed by atoms with Crippen molar-refractivity contribution in [2.24, 2.45) is 0 Å². The van der Waals surface area contributed by atoms with E-state index in [2.05, 4.69) is 4.98 Å². The molecule has 19 heavy (non-hydrogen) atoms. The summed E-state index contributed by atoms with van der Waals surface area (Å²) in [5.74, 6) is -1.01. The number of carbonyl (C=O) groups excluding carboxylic acids is 1. The number of halogens is 1. The quantitative estimate of drug-likeness (QED) is 0.822. The predicted octanol–water partition coefficient (Wildman–Crippen LogP) is 0.577. The third kappa shape index (κ3) is 3.42. The number of nitrogens with zero attached hydrogens (tertiary/aromatic N) is 3. The number of amides is 1. The van der Waals surface area contributed by atoms with E-state index in [4.69, 9.17) is 16.7 Å². The molecule has 1 fully saturated rings. The van der Waals surface area contributed by atoms with Crippen molar-refractivity contribution in [2.75, 3.05) is 32.7 Å². The molecule has 102 valence electrons. The Kier molecular flexibility index (Phi) is 4.34. The van der Waals surface area contributed by atoms with Crippen LogP contribution < -0.4 is 0 Å². The van der Waals surface area contributed by atoms with Crippen molar-refractivity contribution in [1.29, 1.82) is 0 Å². The van der Waals surface area contributed by atoms with E-state index in [0.29, 0.717) is 31.7 Å². The summed E-state index contributed by atoms with van der Waals surface area (Å²) in [6.07, 6.45) is 1.53. The molecule has 1 saturated heterocycles. The van der Waals surface area contributed by atoms with Gasteiger partial charge in [0.1, 0.15) is 5.15 Å². The third-order valence-corrected chi connectivity index (χ3v) is 3.31. The number of aliphatic carboxylic acids is 1. The van der Waals surface area contributed by atoms with Crippen LogP contribution in [0.15, 0.2) is 18.3 Å². The Labute approximate surface area is 115 Å². The molecule has 6 nitrogen and oxygen atoms in total. The van der Waals surface area contributed by atoms with Gasteiger partial charge in [-0.3, -0.25) is 14.5 Å². The van der Waals surface area contributed by atoms with Crippen LogP contribution in [-0.2, 0) is 4.79 Å². The molecule has 1 aliphatic rings. The average Bonchev–Trinajstić information content (AvgIpc) is 2.39. The molecule has 1 amide bonds. The van der Waals surface area contributed by atoms with Crippen LogP contribution in [0.3, 0.4) is 0 Å². The fraction of sp³-hybridized carbons (Fsp3) is 0.417. The average molecular weight is 284 g/mol.